The summed E-state index contributed by atoms with van der Waals surface area (Å²) in [5.41, 5.74) is 0.715. The number of rotatable bonds is 5. The number of hydrogen-bond donors (Lipinski definition) is 1. The van der Waals surface area contributed by atoms with Gasteiger partial charge in [-0.3, -0.25) is 0 Å². The van der Waals surface area contributed by atoms with Gasteiger partial charge in [-0.15, -0.1) is 0 Å². The Hall–Kier alpha value is -1.16. The van der Waals surface area contributed by atoms with E-state index in [9.17, 15) is 4.39 Å². The van der Waals surface area contributed by atoms with Crippen LogP contribution in [0.3, 0.4) is 0 Å². The molecule has 21 heavy (non-hydrogen) atoms. The fraction of sp³-hybridized carbons (Fsp3) is 0.706. The van der Waals surface area contributed by atoms with Crippen LogP contribution in [-0.4, -0.2) is 24.6 Å². The van der Waals surface area contributed by atoms with Crippen LogP contribution in [0.1, 0.15) is 39.7 Å². The molecule has 1 aromatic heterocycles. The molecule has 1 saturated heterocycles. The van der Waals surface area contributed by atoms with Crippen molar-refractivity contribution in [3.63, 3.8) is 0 Å². The molecule has 0 saturated carbocycles. The molecule has 0 bridgehead atoms. The zero-order chi connectivity index (χ0) is 15.4. The normalized spacial score (nSPS) is 22.9. The zero-order valence-corrected chi connectivity index (χ0v) is 13.7. The van der Waals surface area contributed by atoms with Gasteiger partial charge in [-0.1, -0.05) is 27.7 Å². The van der Waals surface area contributed by atoms with Crippen LogP contribution in [0.15, 0.2) is 12.3 Å². The predicted octanol–water partition coefficient (Wildman–Crippen LogP) is 3.45. The van der Waals surface area contributed by atoms with Gasteiger partial charge in [0.15, 0.2) is 11.6 Å². The third kappa shape index (κ3) is 4.16. The molecule has 0 spiro atoms. The van der Waals surface area contributed by atoms with Crippen molar-refractivity contribution in [1.29, 1.82) is 0 Å². The number of nitrogens with one attached hydrogen (secondary N) is 1. The lowest BCUT2D eigenvalue weighted by Crippen LogP contribution is -2.39. The summed E-state index contributed by atoms with van der Waals surface area (Å²) < 4.78 is 14.7. The van der Waals surface area contributed by atoms with E-state index in [-0.39, 0.29) is 5.82 Å². The fourth-order valence-corrected chi connectivity index (χ4v) is 2.78. The number of hydrogen-bond acceptors (Lipinski definition) is 3. The van der Waals surface area contributed by atoms with Gasteiger partial charge in [0.2, 0.25) is 0 Å². The Morgan fingerprint density at radius 2 is 2.14 bits per heavy atom. The molecule has 1 aromatic rings. The molecule has 1 N–H and O–H groups in total. The van der Waals surface area contributed by atoms with Gasteiger partial charge in [-0.05, 0) is 36.8 Å². The molecule has 2 unspecified atom stereocenters. The van der Waals surface area contributed by atoms with E-state index in [1.54, 1.807) is 12.3 Å². The van der Waals surface area contributed by atoms with Gasteiger partial charge in [-0.25, -0.2) is 9.37 Å². The van der Waals surface area contributed by atoms with E-state index in [2.05, 4.69) is 42.9 Å². The third-order valence-corrected chi connectivity index (χ3v) is 4.45. The average Bonchev–Trinajstić information content (AvgIpc) is 2.43. The lowest BCUT2D eigenvalue weighted by molar-refractivity contribution is 0.321. The molecule has 1 aliphatic heterocycles. The van der Waals surface area contributed by atoms with Crippen LogP contribution in [0.5, 0.6) is 0 Å². The molecule has 2 heterocycles. The fourth-order valence-electron chi connectivity index (χ4n) is 2.78. The SMILES string of the molecule is CC(C)CNCc1ccnc(N2CCC(C)C(C)C2)c1F. The summed E-state index contributed by atoms with van der Waals surface area (Å²) in [5, 5.41) is 3.30. The lowest BCUT2D eigenvalue weighted by atomic mass is 9.88. The van der Waals surface area contributed by atoms with Crippen molar-refractivity contribution in [2.24, 2.45) is 17.8 Å². The molecule has 1 fully saturated rings. The maximum atomic E-state index is 14.7. The van der Waals surface area contributed by atoms with E-state index in [1.165, 1.54) is 0 Å². The monoisotopic (exact) mass is 293 g/mol. The predicted molar refractivity (Wildman–Crippen MR) is 85.9 cm³/mol. The van der Waals surface area contributed by atoms with Gasteiger partial charge in [0, 0.05) is 31.4 Å². The van der Waals surface area contributed by atoms with E-state index < -0.39 is 0 Å². The Kier molecular flexibility index (Phi) is 5.57. The summed E-state index contributed by atoms with van der Waals surface area (Å²) in [5.74, 6) is 2.23. The number of nitrogens with zero attached hydrogens (tertiary/aromatic N) is 2. The highest BCUT2D eigenvalue weighted by Crippen LogP contribution is 2.28. The molecule has 0 amide bonds. The largest absolute Gasteiger partial charge is 0.354 e. The van der Waals surface area contributed by atoms with Gasteiger partial charge >= 0.3 is 0 Å². The van der Waals surface area contributed by atoms with Gasteiger partial charge in [0.05, 0.1) is 0 Å². The number of piperidine rings is 1. The Morgan fingerprint density at radius 3 is 2.81 bits per heavy atom. The van der Waals surface area contributed by atoms with Crippen molar-refractivity contribution in [3.05, 3.63) is 23.6 Å². The average molecular weight is 293 g/mol. The molecule has 0 aromatic carbocycles. The minimum absolute atomic E-state index is 0.157. The molecule has 0 radical (unpaired) electrons. The number of halogens is 1. The summed E-state index contributed by atoms with van der Waals surface area (Å²) in [4.78, 5) is 6.39. The molecule has 1 aliphatic rings. The highest BCUT2D eigenvalue weighted by atomic mass is 19.1. The minimum atomic E-state index is -0.157. The smallest absolute Gasteiger partial charge is 0.170 e. The van der Waals surface area contributed by atoms with Crippen LogP contribution in [0.2, 0.25) is 0 Å². The quantitative estimate of drug-likeness (QED) is 0.901. The first-order valence-electron chi connectivity index (χ1n) is 8.08. The van der Waals surface area contributed by atoms with Crippen LogP contribution in [0.25, 0.3) is 0 Å². The Labute approximate surface area is 127 Å². The molecule has 2 rings (SSSR count). The first-order chi connectivity index (χ1) is 9.99. The number of aromatic nitrogens is 1. The molecular formula is C17H28FN3. The highest BCUT2D eigenvalue weighted by Gasteiger charge is 2.25. The maximum absolute atomic E-state index is 14.7. The van der Waals surface area contributed by atoms with Crippen molar-refractivity contribution >= 4 is 5.82 Å². The van der Waals surface area contributed by atoms with Crippen molar-refractivity contribution in [2.75, 3.05) is 24.5 Å². The second-order valence-electron chi connectivity index (χ2n) is 6.82. The number of pyridine rings is 1. The van der Waals surface area contributed by atoms with E-state index in [1.807, 2.05) is 0 Å². The first-order valence-corrected chi connectivity index (χ1v) is 8.08. The van der Waals surface area contributed by atoms with Crippen molar-refractivity contribution < 1.29 is 4.39 Å². The Morgan fingerprint density at radius 1 is 1.38 bits per heavy atom. The topological polar surface area (TPSA) is 28.2 Å². The van der Waals surface area contributed by atoms with Crippen LogP contribution >= 0.6 is 0 Å². The van der Waals surface area contributed by atoms with Gasteiger partial charge in [0.25, 0.3) is 0 Å². The molecule has 3 nitrogen and oxygen atoms in total. The second-order valence-corrected chi connectivity index (χ2v) is 6.82. The third-order valence-electron chi connectivity index (χ3n) is 4.45. The Bertz CT molecular complexity index is 461. The van der Waals surface area contributed by atoms with Gasteiger partial charge < -0.3 is 10.2 Å². The summed E-state index contributed by atoms with van der Waals surface area (Å²) in [6, 6.07) is 1.78. The molecule has 4 heteroatoms. The lowest BCUT2D eigenvalue weighted by Gasteiger charge is -2.36. The highest BCUT2D eigenvalue weighted by molar-refractivity contribution is 5.43. The van der Waals surface area contributed by atoms with Crippen LogP contribution in [-0.2, 0) is 6.54 Å². The number of anilines is 1. The van der Waals surface area contributed by atoms with Crippen LogP contribution < -0.4 is 10.2 Å². The summed E-state index contributed by atoms with van der Waals surface area (Å²) >= 11 is 0. The van der Waals surface area contributed by atoms with E-state index >= 15 is 0 Å². The van der Waals surface area contributed by atoms with E-state index in [4.69, 9.17) is 0 Å². The summed E-state index contributed by atoms with van der Waals surface area (Å²) in [7, 11) is 0. The summed E-state index contributed by atoms with van der Waals surface area (Å²) in [6.07, 6.45) is 2.84. The van der Waals surface area contributed by atoms with E-state index in [0.29, 0.717) is 35.7 Å². The molecule has 2 atom stereocenters. The molecular weight excluding hydrogens is 265 g/mol. The standard InChI is InChI=1S/C17H28FN3/c1-12(2)9-19-10-15-5-7-20-17(16(15)18)21-8-6-13(3)14(4)11-21/h5,7,12-14,19H,6,8-11H2,1-4H3. The zero-order valence-electron chi connectivity index (χ0n) is 13.7. The second kappa shape index (κ2) is 7.21. The van der Waals surface area contributed by atoms with Crippen molar-refractivity contribution in [2.45, 2.75) is 40.7 Å². The molecule has 118 valence electrons. The van der Waals surface area contributed by atoms with Gasteiger partial charge in [-0.2, -0.15) is 0 Å². The van der Waals surface area contributed by atoms with Crippen molar-refractivity contribution in [1.82, 2.24) is 10.3 Å². The van der Waals surface area contributed by atoms with Crippen LogP contribution in [0, 0.1) is 23.6 Å². The Balaban J connectivity index is 2.07. The van der Waals surface area contributed by atoms with E-state index in [0.717, 1.165) is 26.1 Å². The minimum Gasteiger partial charge on any atom is -0.354 e. The first kappa shape index (κ1) is 16.2. The van der Waals surface area contributed by atoms with Crippen molar-refractivity contribution in [3.8, 4) is 0 Å². The molecule has 0 aliphatic carbocycles. The summed E-state index contributed by atoms with van der Waals surface area (Å²) in [6.45, 7) is 12.1. The maximum Gasteiger partial charge on any atom is 0.170 e. The van der Waals surface area contributed by atoms with Gasteiger partial charge in [0.1, 0.15) is 0 Å². The van der Waals surface area contributed by atoms with Crippen LogP contribution in [0.4, 0.5) is 10.2 Å².